The molecule has 106 valence electrons. The number of carbonyl (C=O) groups excluding carboxylic acids is 1. The van der Waals surface area contributed by atoms with Crippen molar-refractivity contribution in [2.75, 3.05) is 0 Å². The predicted molar refractivity (Wildman–Crippen MR) is 62.3 cm³/mol. The third-order valence-corrected chi connectivity index (χ3v) is 2.42. The number of amides is 1. The number of alkyl halides is 3. The first kappa shape index (κ1) is 14.1. The molecule has 0 spiro atoms. The third kappa shape index (κ3) is 3.35. The zero-order valence-corrected chi connectivity index (χ0v) is 10.1. The number of aromatic nitrogens is 1. The van der Waals surface area contributed by atoms with Gasteiger partial charge in [-0.1, -0.05) is 0 Å². The molecule has 0 aliphatic rings. The summed E-state index contributed by atoms with van der Waals surface area (Å²) >= 11 is 0. The first-order valence-corrected chi connectivity index (χ1v) is 5.55. The Balaban J connectivity index is 2.02. The van der Waals surface area contributed by atoms with E-state index in [0.29, 0.717) is 5.76 Å². The standard InChI is InChI=1S/C12H10F3N3O2/c13-12(14,15)10-3-4-16-7-9(10)11(19)18-17-6-8-2-1-5-20-8/h1-5,7,17H,6H2,(H,18,19). The Labute approximate surface area is 111 Å². The van der Waals surface area contributed by atoms with E-state index in [-0.39, 0.29) is 6.54 Å². The maximum atomic E-state index is 12.7. The highest BCUT2D eigenvalue weighted by molar-refractivity contribution is 5.95. The van der Waals surface area contributed by atoms with Crippen molar-refractivity contribution in [3.8, 4) is 0 Å². The van der Waals surface area contributed by atoms with Crippen LogP contribution < -0.4 is 10.9 Å². The molecule has 0 saturated carbocycles. The summed E-state index contributed by atoms with van der Waals surface area (Å²) in [5.41, 5.74) is 3.05. The van der Waals surface area contributed by atoms with Crippen LogP contribution in [0, 0.1) is 0 Å². The molecule has 0 unspecified atom stereocenters. The number of rotatable bonds is 4. The summed E-state index contributed by atoms with van der Waals surface area (Å²) in [5, 5.41) is 0. The number of hydrogen-bond acceptors (Lipinski definition) is 4. The molecule has 20 heavy (non-hydrogen) atoms. The first-order chi connectivity index (χ1) is 9.48. The summed E-state index contributed by atoms with van der Waals surface area (Å²) in [7, 11) is 0. The van der Waals surface area contributed by atoms with E-state index in [2.05, 4.69) is 15.8 Å². The van der Waals surface area contributed by atoms with Crippen LogP contribution in [0.2, 0.25) is 0 Å². The lowest BCUT2D eigenvalue weighted by atomic mass is 10.1. The highest BCUT2D eigenvalue weighted by Gasteiger charge is 2.35. The van der Waals surface area contributed by atoms with Crippen molar-refractivity contribution in [3.63, 3.8) is 0 Å². The number of hydrazine groups is 1. The van der Waals surface area contributed by atoms with Gasteiger partial charge in [-0.3, -0.25) is 15.2 Å². The first-order valence-electron chi connectivity index (χ1n) is 5.55. The van der Waals surface area contributed by atoms with E-state index in [4.69, 9.17) is 4.42 Å². The van der Waals surface area contributed by atoms with Gasteiger partial charge >= 0.3 is 6.18 Å². The van der Waals surface area contributed by atoms with Gasteiger partial charge in [0.25, 0.3) is 5.91 Å². The molecule has 0 saturated heterocycles. The number of carbonyl (C=O) groups is 1. The molecule has 0 aliphatic carbocycles. The van der Waals surface area contributed by atoms with Crippen molar-refractivity contribution < 1.29 is 22.4 Å². The van der Waals surface area contributed by atoms with Crippen molar-refractivity contribution in [1.29, 1.82) is 0 Å². The van der Waals surface area contributed by atoms with Crippen LogP contribution in [0.25, 0.3) is 0 Å². The van der Waals surface area contributed by atoms with Crippen LogP contribution in [0.4, 0.5) is 13.2 Å². The maximum Gasteiger partial charge on any atom is 0.417 e. The zero-order valence-electron chi connectivity index (χ0n) is 10.1. The monoisotopic (exact) mass is 285 g/mol. The van der Waals surface area contributed by atoms with E-state index in [1.165, 1.54) is 6.26 Å². The second kappa shape index (κ2) is 5.74. The van der Waals surface area contributed by atoms with Gasteiger partial charge in [0.2, 0.25) is 0 Å². The molecule has 0 fully saturated rings. The lowest BCUT2D eigenvalue weighted by molar-refractivity contribution is -0.138. The Morgan fingerprint density at radius 3 is 2.80 bits per heavy atom. The van der Waals surface area contributed by atoms with Crippen LogP contribution in [0.3, 0.4) is 0 Å². The second-order valence-corrected chi connectivity index (χ2v) is 3.81. The average Bonchev–Trinajstić information content (AvgIpc) is 2.91. The van der Waals surface area contributed by atoms with Crippen molar-refractivity contribution in [3.05, 3.63) is 53.7 Å². The largest absolute Gasteiger partial charge is 0.468 e. The average molecular weight is 285 g/mol. The van der Waals surface area contributed by atoms with Gasteiger partial charge in [0.05, 0.1) is 23.9 Å². The molecule has 2 aromatic heterocycles. The van der Waals surface area contributed by atoms with E-state index in [9.17, 15) is 18.0 Å². The van der Waals surface area contributed by atoms with Gasteiger partial charge in [0.1, 0.15) is 5.76 Å². The quantitative estimate of drug-likeness (QED) is 0.844. The van der Waals surface area contributed by atoms with Gasteiger partial charge in [-0.05, 0) is 18.2 Å². The molecule has 0 radical (unpaired) electrons. The molecule has 0 aromatic carbocycles. The van der Waals surface area contributed by atoms with E-state index in [1.54, 1.807) is 12.1 Å². The molecule has 2 heterocycles. The van der Waals surface area contributed by atoms with Crippen molar-refractivity contribution in [2.24, 2.45) is 0 Å². The van der Waals surface area contributed by atoms with Crippen LogP contribution >= 0.6 is 0 Å². The molecular formula is C12H10F3N3O2. The molecule has 0 aliphatic heterocycles. The van der Waals surface area contributed by atoms with E-state index >= 15 is 0 Å². The number of halogens is 3. The molecule has 8 heteroatoms. The summed E-state index contributed by atoms with van der Waals surface area (Å²) in [4.78, 5) is 15.2. The molecule has 0 bridgehead atoms. The van der Waals surface area contributed by atoms with E-state index in [1.807, 2.05) is 0 Å². The smallest absolute Gasteiger partial charge is 0.417 e. The predicted octanol–water partition coefficient (Wildman–Crippen LogP) is 2.13. The highest BCUT2D eigenvalue weighted by Crippen LogP contribution is 2.31. The van der Waals surface area contributed by atoms with Gasteiger partial charge in [-0.25, -0.2) is 5.43 Å². The topological polar surface area (TPSA) is 67.2 Å². The van der Waals surface area contributed by atoms with Crippen LogP contribution in [0.15, 0.2) is 41.3 Å². The summed E-state index contributed by atoms with van der Waals surface area (Å²) in [5.74, 6) is -0.385. The van der Waals surface area contributed by atoms with Gasteiger partial charge < -0.3 is 4.42 Å². The number of pyridine rings is 1. The maximum absolute atomic E-state index is 12.7. The molecule has 5 nitrogen and oxygen atoms in total. The summed E-state index contributed by atoms with van der Waals surface area (Å²) in [6.45, 7) is 0.153. The van der Waals surface area contributed by atoms with Crippen molar-refractivity contribution >= 4 is 5.91 Å². The normalized spacial score (nSPS) is 11.3. The number of nitrogens with zero attached hydrogens (tertiary/aromatic N) is 1. The van der Waals surface area contributed by atoms with Crippen molar-refractivity contribution in [1.82, 2.24) is 15.8 Å². The highest BCUT2D eigenvalue weighted by atomic mass is 19.4. The Bertz CT molecular complexity index is 582. The number of nitrogens with one attached hydrogen (secondary N) is 2. The molecule has 1 amide bonds. The molecule has 2 N–H and O–H groups in total. The summed E-state index contributed by atoms with van der Waals surface area (Å²) < 4.78 is 43.1. The minimum Gasteiger partial charge on any atom is -0.468 e. The number of hydrogen-bond donors (Lipinski definition) is 2. The Morgan fingerprint density at radius 1 is 1.35 bits per heavy atom. The fraction of sp³-hybridized carbons (Fsp3) is 0.167. The Kier molecular flexibility index (Phi) is 4.04. The molecule has 0 atom stereocenters. The third-order valence-electron chi connectivity index (χ3n) is 2.42. The van der Waals surface area contributed by atoms with Crippen LogP contribution in [-0.2, 0) is 12.7 Å². The lowest BCUT2D eigenvalue weighted by Crippen LogP contribution is -2.37. The molecule has 2 aromatic rings. The zero-order chi connectivity index (χ0) is 14.6. The van der Waals surface area contributed by atoms with Crippen molar-refractivity contribution in [2.45, 2.75) is 12.7 Å². The second-order valence-electron chi connectivity index (χ2n) is 3.81. The minimum atomic E-state index is -4.61. The van der Waals surface area contributed by atoms with Crippen LogP contribution in [0.1, 0.15) is 21.7 Å². The summed E-state index contributed by atoms with van der Waals surface area (Å²) in [6.07, 6.45) is -1.32. The van der Waals surface area contributed by atoms with Gasteiger partial charge in [0.15, 0.2) is 0 Å². The van der Waals surface area contributed by atoms with E-state index in [0.717, 1.165) is 18.5 Å². The van der Waals surface area contributed by atoms with Crippen LogP contribution in [0.5, 0.6) is 0 Å². The van der Waals surface area contributed by atoms with E-state index < -0.39 is 23.2 Å². The fourth-order valence-corrected chi connectivity index (χ4v) is 1.51. The Morgan fingerprint density at radius 2 is 2.15 bits per heavy atom. The SMILES string of the molecule is O=C(NNCc1ccco1)c1cnccc1C(F)(F)F. The lowest BCUT2D eigenvalue weighted by Gasteiger charge is -2.12. The Hall–Kier alpha value is -2.35. The van der Waals surface area contributed by atoms with Gasteiger partial charge in [0, 0.05) is 12.4 Å². The van der Waals surface area contributed by atoms with Crippen LogP contribution in [-0.4, -0.2) is 10.9 Å². The van der Waals surface area contributed by atoms with Gasteiger partial charge in [-0.2, -0.15) is 13.2 Å². The fourth-order valence-electron chi connectivity index (χ4n) is 1.51. The molecular weight excluding hydrogens is 275 g/mol. The summed E-state index contributed by atoms with van der Waals surface area (Å²) in [6, 6.07) is 4.06. The molecule has 2 rings (SSSR count). The van der Waals surface area contributed by atoms with Gasteiger partial charge in [-0.15, -0.1) is 0 Å². The number of furan rings is 1. The minimum absolute atomic E-state index is 0.153.